The van der Waals surface area contributed by atoms with E-state index in [1.54, 1.807) is 12.1 Å². The molecule has 0 aromatic heterocycles. The third-order valence-electron chi connectivity index (χ3n) is 3.58. The summed E-state index contributed by atoms with van der Waals surface area (Å²) in [5.74, 6) is -0.880. The van der Waals surface area contributed by atoms with E-state index >= 15 is 0 Å². The van der Waals surface area contributed by atoms with Gasteiger partial charge in [-0.3, -0.25) is 4.90 Å². The number of likely N-dealkylation sites (tertiary alicyclic amines) is 1. The molecule has 1 fully saturated rings. The van der Waals surface area contributed by atoms with Crippen molar-refractivity contribution in [3.05, 3.63) is 29.8 Å². The fourth-order valence-electron chi connectivity index (χ4n) is 2.51. The zero-order valence-corrected chi connectivity index (χ0v) is 10.7. The molecule has 1 aliphatic heterocycles. The molecule has 0 radical (unpaired) electrons. The normalized spacial score (nSPS) is 19.9. The van der Waals surface area contributed by atoms with Crippen molar-refractivity contribution in [2.45, 2.75) is 25.8 Å². The van der Waals surface area contributed by atoms with Crippen molar-refractivity contribution in [2.24, 2.45) is 0 Å². The predicted molar refractivity (Wildman–Crippen MR) is 72.2 cm³/mol. The number of carboxylic acids is 1. The Bertz CT molecular complexity index is 403. The fraction of sp³-hybridized carbons (Fsp3) is 0.500. The van der Waals surface area contributed by atoms with E-state index in [1.165, 1.54) is 19.4 Å². The maximum absolute atomic E-state index is 10.7. The summed E-state index contributed by atoms with van der Waals surface area (Å²) in [5.41, 5.74) is 1.32. The lowest BCUT2D eigenvalue weighted by Gasteiger charge is -2.23. The summed E-state index contributed by atoms with van der Waals surface area (Å²) in [6.45, 7) is 5.42. The number of rotatable bonds is 5. The van der Waals surface area contributed by atoms with Crippen LogP contribution in [-0.2, 0) is 0 Å². The fourth-order valence-corrected chi connectivity index (χ4v) is 2.51. The van der Waals surface area contributed by atoms with E-state index in [0.29, 0.717) is 11.6 Å². The second kappa shape index (κ2) is 5.87. The molecule has 1 heterocycles. The van der Waals surface area contributed by atoms with E-state index in [0.717, 1.165) is 18.8 Å². The van der Waals surface area contributed by atoms with E-state index in [-0.39, 0.29) is 0 Å². The number of aromatic carboxylic acids is 1. The summed E-state index contributed by atoms with van der Waals surface area (Å²) < 4.78 is 0. The van der Waals surface area contributed by atoms with E-state index in [9.17, 15) is 4.79 Å². The lowest BCUT2D eigenvalue weighted by Crippen LogP contribution is -2.34. The quantitative estimate of drug-likeness (QED) is 0.839. The molecule has 0 amide bonds. The van der Waals surface area contributed by atoms with Crippen LogP contribution in [0.1, 0.15) is 30.1 Å². The van der Waals surface area contributed by atoms with Crippen LogP contribution in [-0.4, -0.2) is 41.7 Å². The lowest BCUT2D eigenvalue weighted by molar-refractivity contribution is 0.0697. The largest absolute Gasteiger partial charge is 0.478 e. The molecule has 4 nitrogen and oxygen atoms in total. The van der Waals surface area contributed by atoms with Crippen LogP contribution in [0.5, 0.6) is 0 Å². The van der Waals surface area contributed by atoms with Crippen molar-refractivity contribution in [1.82, 2.24) is 4.90 Å². The highest BCUT2D eigenvalue weighted by atomic mass is 16.4. The van der Waals surface area contributed by atoms with Gasteiger partial charge in [-0.05, 0) is 50.2 Å². The smallest absolute Gasteiger partial charge is 0.335 e. The van der Waals surface area contributed by atoms with Gasteiger partial charge < -0.3 is 10.4 Å². The van der Waals surface area contributed by atoms with Gasteiger partial charge in [-0.1, -0.05) is 6.92 Å². The van der Waals surface area contributed by atoms with Crippen LogP contribution in [0.4, 0.5) is 5.69 Å². The highest BCUT2D eigenvalue weighted by Crippen LogP contribution is 2.17. The van der Waals surface area contributed by atoms with Crippen LogP contribution in [0.15, 0.2) is 24.3 Å². The van der Waals surface area contributed by atoms with Gasteiger partial charge in [-0.25, -0.2) is 4.79 Å². The first-order chi connectivity index (χ1) is 8.70. The van der Waals surface area contributed by atoms with Gasteiger partial charge in [-0.2, -0.15) is 0 Å². The minimum Gasteiger partial charge on any atom is -0.478 e. The predicted octanol–water partition coefficient (Wildman–Crippen LogP) is 2.28. The minimum atomic E-state index is -0.880. The number of likely N-dealkylation sites (N-methyl/N-ethyl adjacent to an activating group) is 1. The van der Waals surface area contributed by atoms with Gasteiger partial charge >= 0.3 is 5.97 Å². The molecule has 98 valence electrons. The Balaban J connectivity index is 1.88. The number of benzene rings is 1. The number of nitrogens with one attached hydrogen (secondary N) is 1. The molecule has 18 heavy (non-hydrogen) atoms. The average Bonchev–Trinajstić information content (AvgIpc) is 2.84. The van der Waals surface area contributed by atoms with Crippen LogP contribution in [0.2, 0.25) is 0 Å². The van der Waals surface area contributed by atoms with Crippen LogP contribution in [0, 0.1) is 0 Å². The van der Waals surface area contributed by atoms with Crippen molar-refractivity contribution >= 4 is 11.7 Å². The third kappa shape index (κ3) is 3.01. The van der Waals surface area contributed by atoms with Gasteiger partial charge in [0.05, 0.1) is 5.56 Å². The zero-order valence-electron chi connectivity index (χ0n) is 10.7. The maximum Gasteiger partial charge on any atom is 0.335 e. The van der Waals surface area contributed by atoms with Gasteiger partial charge in [0.25, 0.3) is 0 Å². The Kier molecular flexibility index (Phi) is 4.20. The minimum absolute atomic E-state index is 0.330. The molecule has 1 saturated heterocycles. The van der Waals surface area contributed by atoms with Crippen molar-refractivity contribution < 1.29 is 9.90 Å². The van der Waals surface area contributed by atoms with Gasteiger partial charge in [0.1, 0.15) is 0 Å². The Morgan fingerprint density at radius 1 is 1.44 bits per heavy atom. The Labute approximate surface area is 108 Å². The molecular weight excluding hydrogens is 228 g/mol. The van der Waals surface area contributed by atoms with Crippen molar-refractivity contribution in [3.8, 4) is 0 Å². The van der Waals surface area contributed by atoms with E-state index in [2.05, 4.69) is 17.1 Å². The van der Waals surface area contributed by atoms with Crippen LogP contribution < -0.4 is 5.32 Å². The van der Waals surface area contributed by atoms with Crippen LogP contribution in [0.3, 0.4) is 0 Å². The molecule has 1 aliphatic rings. The summed E-state index contributed by atoms with van der Waals surface area (Å²) in [6, 6.07) is 7.53. The first-order valence-electron chi connectivity index (χ1n) is 6.52. The first kappa shape index (κ1) is 12.9. The average molecular weight is 248 g/mol. The van der Waals surface area contributed by atoms with Crippen molar-refractivity contribution in [1.29, 1.82) is 0 Å². The van der Waals surface area contributed by atoms with Gasteiger partial charge in [-0.15, -0.1) is 0 Å². The van der Waals surface area contributed by atoms with E-state index in [4.69, 9.17) is 5.11 Å². The Morgan fingerprint density at radius 3 is 2.78 bits per heavy atom. The third-order valence-corrected chi connectivity index (χ3v) is 3.58. The molecule has 1 atom stereocenters. The lowest BCUT2D eigenvalue weighted by atomic mass is 10.2. The molecule has 1 aromatic rings. The number of anilines is 1. The van der Waals surface area contributed by atoms with E-state index < -0.39 is 5.97 Å². The van der Waals surface area contributed by atoms with Gasteiger partial charge in [0.15, 0.2) is 0 Å². The number of hydrogen-bond acceptors (Lipinski definition) is 3. The second-order valence-corrected chi connectivity index (χ2v) is 4.69. The zero-order chi connectivity index (χ0) is 13.0. The number of hydrogen-bond donors (Lipinski definition) is 2. The summed E-state index contributed by atoms with van der Waals surface area (Å²) in [5, 5.41) is 12.2. The number of carboxylic acid groups (broad SMARTS) is 1. The van der Waals surface area contributed by atoms with Crippen LogP contribution >= 0.6 is 0 Å². The molecule has 2 rings (SSSR count). The summed E-state index contributed by atoms with van der Waals surface area (Å²) in [4.78, 5) is 13.2. The monoisotopic (exact) mass is 248 g/mol. The summed E-state index contributed by atoms with van der Waals surface area (Å²) in [6.07, 6.45) is 2.52. The molecule has 1 aromatic carbocycles. The Hall–Kier alpha value is -1.55. The molecule has 4 heteroatoms. The number of nitrogens with zero attached hydrogens (tertiary/aromatic N) is 1. The molecule has 0 bridgehead atoms. The molecule has 0 saturated carbocycles. The molecular formula is C14H20N2O2. The van der Waals surface area contributed by atoms with Crippen molar-refractivity contribution in [3.63, 3.8) is 0 Å². The first-order valence-corrected chi connectivity index (χ1v) is 6.52. The molecule has 0 spiro atoms. The standard InChI is InChI=1S/C14H20N2O2/c1-2-16-9-3-4-13(16)10-15-12-7-5-11(6-8-12)14(17)18/h5-8,13,15H,2-4,9-10H2,1H3,(H,17,18). The molecule has 1 unspecified atom stereocenters. The van der Waals surface area contributed by atoms with Gasteiger partial charge in [0.2, 0.25) is 0 Å². The highest BCUT2D eigenvalue weighted by molar-refractivity contribution is 5.87. The molecule has 0 aliphatic carbocycles. The number of carbonyl (C=O) groups is 1. The van der Waals surface area contributed by atoms with Gasteiger partial charge in [0, 0.05) is 18.3 Å². The maximum atomic E-state index is 10.7. The topological polar surface area (TPSA) is 52.6 Å². The van der Waals surface area contributed by atoms with E-state index in [1.807, 2.05) is 12.1 Å². The highest BCUT2D eigenvalue weighted by Gasteiger charge is 2.22. The van der Waals surface area contributed by atoms with Crippen molar-refractivity contribution in [2.75, 3.05) is 25.0 Å². The SMILES string of the molecule is CCN1CCCC1CNc1ccc(C(=O)O)cc1. The molecule has 2 N–H and O–H groups in total. The summed E-state index contributed by atoms with van der Waals surface area (Å²) >= 11 is 0. The van der Waals surface area contributed by atoms with Crippen LogP contribution in [0.25, 0.3) is 0 Å². The second-order valence-electron chi connectivity index (χ2n) is 4.69. The summed E-state index contributed by atoms with van der Waals surface area (Å²) in [7, 11) is 0. The Morgan fingerprint density at radius 2 is 2.17 bits per heavy atom.